The molecule has 0 unspecified atom stereocenters. The van der Waals surface area contributed by atoms with Crippen molar-refractivity contribution in [1.29, 1.82) is 0 Å². The quantitative estimate of drug-likeness (QED) is 0.183. The molecule has 0 bridgehead atoms. The lowest BCUT2D eigenvalue weighted by Gasteiger charge is -2.26. The number of hydrogen-bond donors (Lipinski definition) is 0. The molecule has 6 rings (SSSR count). The minimum atomic E-state index is -0.711. The predicted molar refractivity (Wildman–Crippen MR) is 172 cm³/mol. The van der Waals surface area contributed by atoms with Crippen LogP contribution in [0.4, 0.5) is 0 Å². The van der Waals surface area contributed by atoms with Crippen LogP contribution in [0.2, 0.25) is 0 Å². The van der Waals surface area contributed by atoms with Crippen molar-refractivity contribution in [1.82, 2.24) is 9.13 Å². The number of aromatic nitrogens is 2. The summed E-state index contributed by atoms with van der Waals surface area (Å²) in [6, 6.07) is 25.0. The van der Waals surface area contributed by atoms with E-state index in [0.717, 1.165) is 27.6 Å². The van der Waals surface area contributed by atoms with Crippen LogP contribution in [0.1, 0.15) is 55.0 Å². The molecule has 1 atom stereocenters. The van der Waals surface area contributed by atoms with Gasteiger partial charge in [-0.15, -0.1) is 6.42 Å². The zero-order chi connectivity index (χ0) is 30.1. The van der Waals surface area contributed by atoms with Crippen molar-refractivity contribution in [3.63, 3.8) is 0 Å². The molecule has 214 valence electrons. The van der Waals surface area contributed by atoms with Gasteiger partial charge in [-0.3, -0.25) is 9.36 Å². The Morgan fingerprint density at radius 3 is 2.49 bits per heavy atom. The second-order valence-electron chi connectivity index (χ2n) is 10.7. The Kier molecular flexibility index (Phi) is 7.71. The van der Waals surface area contributed by atoms with E-state index in [9.17, 15) is 9.59 Å². The average molecular weight is 586 g/mol. The smallest absolute Gasteiger partial charge is 0.338 e. The normalized spacial score (nSPS) is 15.0. The van der Waals surface area contributed by atoms with E-state index in [-0.39, 0.29) is 12.2 Å². The van der Waals surface area contributed by atoms with Gasteiger partial charge in [-0.1, -0.05) is 104 Å². The Labute approximate surface area is 253 Å². The number of fused-ring (bicyclic) bond motifs is 2. The monoisotopic (exact) mass is 585 g/mol. The summed E-state index contributed by atoms with van der Waals surface area (Å²) in [6.45, 7) is 6.67. The Hall–Kier alpha value is -4.93. The van der Waals surface area contributed by atoms with Crippen molar-refractivity contribution in [3.8, 4) is 12.3 Å². The Morgan fingerprint density at radius 2 is 1.79 bits per heavy atom. The second-order valence-corrected chi connectivity index (χ2v) is 11.7. The van der Waals surface area contributed by atoms with Gasteiger partial charge >= 0.3 is 5.97 Å². The Bertz CT molecular complexity index is 2090. The highest BCUT2D eigenvalue weighted by atomic mass is 32.1. The van der Waals surface area contributed by atoms with Crippen molar-refractivity contribution >= 4 is 40.0 Å². The van der Waals surface area contributed by atoms with E-state index < -0.39 is 12.0 Å². The van der Waals surface area contributed by atoms with Gasteiger partial charge in [0.1, 0.15) is 0 Å². The molecule has 43 heavy (non-hydrogen) atoms. The van der Waals surface area contributed by atoms with Crippen LogP contribution in [-0.2, 0) is 16.1 Å². The van der Waals surface area contributed by atoms with E-state index >= 15 is 0 Å². The zero-order valence-corrected chi connectivity index (χ0v) is 25.1. The van der Waals surface area contributed by atoms with E-state index in [2.05, 4.69) is 31.9 Å². The summed E-state index contributed by atoms with van der Waals surface area (Å²) in [7, 11) is 0. The van der Waals surface area contributed by atoms with Crippen molar-refractivity contribution in [2.75, 3.05) is 6.61 Å². The van der Waals surface area contributed by atoms with Gasteiger partial charge in [-0.25, -0.2) is 9.79 Å². The summed E-state index contributed by atoms with van der Waals surface area (Å²) in [4.78, 5) is 33.4. The maximum Gasteiger partial charge on any atom is 0.338 e. The molecule has 1 aliphatic rings. The van der Waals surface area contributed by atoms with Crippen LogP contribution >= 0.6 is 11.3 Å². The molecule has 3 aromatic carbocycles. The SMILES string of the molecule is C#CCn1cc(/C=c2\sc3n(c2=O)[C@H](c2ccc(C(C)C)cc2)C(C(=O)OCC)=C(c2ccccc2)N=3)c2ccccc21. The van der Waals surface area contributed by atoms with Crippen LogP contribution in [0.25, 0.3) is 22.7 Å². The molecule has 0 spiro atoms. The van der Waals surface area contributed by atoms with Gasteiger partial charge in [-0.2, -0.15) is 0 Å². The first-order valence-corrected chi connectivity index (χ1v) is 15.1. The zero-order valence-electron chi connectivity index (χ0n) is 24.3. The summed E-state index contributed by atoms with van der Waals surface area (Å²) >= 11 is 1.31. The maximum absolute atomic E-state index is 14.3. The lowest BCUT2D eigenvalue weighted by Crippen LogP contribution is -2.40. The van der Waals surface area contributed by atoms with Crippen LogP contribution in [0.15, 0.2) is 100 Å². The van der Waals surface area contributed by atoms with E-state index in [0.29, 0.717) is 33.1 Å². The fraction of sp³-hybridized carbons (Fsp3) is 0.194. The van der Waals surface area contributed by atoms with Crippen LogP contribution in [0.5, 0.6) is 0 Å². The van der Waals surface area contributed by atoms with Crippen molar-refractivity contribution in [2.45, 2.75) is 39.3 Å². The largest absolute Gasteiger partial charge is 0.463 e. The van der Waals surface area contributed by atoms with E-state index in [1.165, 1.54) is 16.9 Å². The summed E-state index contributed by atoms with van der Waals surface area (Å²) < 4.78 is 9.74. The number of para-hydroxylation sites is 1. The summed E-state index contributed by atoms with van der Waals surface area (Å²) in [5.41, 5.74) is 5.29. The molecule has 0 N–H and O–H groups in total. The number of carbonyl (C=O) groups is 1. The summed E-state index contributed by atoms with van der Waals surface area (Å²) in [5.74, 6) is 2.56. The highest BCUT2D eigenvalue weighted by Gasteiger charge is 2.35. The molecular weight excluding hydrogens is 554 g/mol. The van der Waals surface area contributed by atoms with Crippen LogP contribution in [-0.4, -0.2) is 21.7 Å². The first kappa shape index (κ1) is 28.2. The maximum atomic E-state index is 14.3. The minimum Gasteiger partial charge on any atom is -0.463 e. The Balaban J connectivity index is 1.64. The molecule has 0 saturated carbocycles. The van der Waals surface area contributed by atoms with Crippen LogP contribution < -0.4 is 14.9 Å². The fourth-order valence-corrected chi connectivity index (χ4v) is 6.57. The number of ether oxygens (including phenoxy) is 1. The van der Waals surface area contributed by atoms with Gasteiger partial charge in [0.15, 0.2) is 4.80 Å². The average Bonchev–Trinajstić information content (AvgIpc) is 3.53. The van der Waals surface area contributed by atoms with E-state index in [1.54, 1.807) is 11.5 Å². The van der Waals surface area contributed by atoms with Crippen LogP contribution in [0.3, 0.4) is 0 Å². The number of benzene rings is 3. The fourth-order valence-electron chi connectivity index (χ4n) is 5.58. The van der Waals surface area contributed by atoms with Crippen LogP contribution in [0, 0.1) is 12.3 Å². The molecule has 0 aliphatic carbocycles. The molecule has 3 heterocycles. The van der Waals surface area contributed by atoms with Gasteiger partial charge in [0.2, 0.25) is 0 Å². The predicted octanol–water partition coefficient (Wildman–Crippen LogP) is 5.65. The lowest BCUT2D eigenvalue weighted by molar-refractivity contribution is -0.138. The summed E-state index contributed by atoms with van der Waals surface area (Å²) in [5, 5.41) is 1.00. The minimum absolute atomic E-state index is 0.204. The molecular formula is C36H31N3O3S. The van der Waals surface area contributed by atoms with Crippen molar-refractivity contribution < 1.29 is 9.53 Å². The van der Waals surface area contributed by atoms with Crippen molar-refractivity contribution in [3.05, 3.63) is 133 Å². The van der Waals surface area contributed by atoms with E-state index in [1.807, 2.05) is 83.6 Å². The number of carbonyl (C=O) groups excluding carboxylic acids is 1. The first-order chi connectivity index (χ1) is 20.9. The number of hydrogen-bond acceptors (Lipinski definition) is 5. The number of thiazole rings is 1. The van der Waals surface area contributed by atoms with Gasteiger partial charge in [0, 0.05) is 28.2 Å². The summed E-state index contributed by atoms with van der Waals surface area (Å²) in [6.07, 6.45) is 9.51. The number of esters is 1. The standard InChI is InChI=1S/C36H31N3O3S/c1-5-20-38-22-27(28-14-10-11-15-29(28)38)21-30-34(40)39-33(26-18-16-24(17-19-26)23(3)4)31(35(41)42-6-2)32(37-36(39)43-30)25-12-8-7-9-13-25/h1,7-19,21-23,33H,6,20H2,2-4H3/b30-21-/t33-/m1/s1. The Morgan fingerprint density at radius 1 is 1.07 bits per heavy atom. The molecule has 5 aromatic rings. The highest BCUT2D eigenvalue weighted by molar-refractivity contribution is 7.07. The molecule has 1 aliphatic heterocycles. The molecule has 0 amide bonds. The number of terminal acetylenes is 1. The molecule has 2 aromatic heterocycles. The lowest BCUT2D eigenvalue weighted by atomic mass is 9.91. The second kappa shape index (κ2) is 11.7. The number of rotatable bonds is 7. The molecule has 0 fully saturated rings. The third kappa shape index (κ3) is 5.15. The molecule has 7 heteroatoms. The van der Waals surface area contributed by atoms with Crippen molar-refractivity contribution in [2.24, 2.45) is 4.99 Å². The highest BCUT2D eigenvalue weighted by Crippen LogP contribution is 2.35. The number of nitrogens with zero attached hydrogens (tertiary/aromatic N) is 3. The van der Waals surface area contributed by atoms with Gasteiger partial charge < -0.3 is 9.30 Å². The van der Waals surface area contributed by atoms with E-state index in [4.69, 9.17) is 16.2 Å². The molecule has 0 saturated heterocycles. The van der Waals surface area contributed by atoms with Gasteiger partial charge in [0.25, 0.3) is 5.56 Å². The third-order valence-corrected chi connectivity index (χ3v) is 8.64. The molecule has 6 nitrogen and oxygen atoms in total. The first-order valence-electron chi connectivity index (χ1n) is 14.3. The third-order valence-electron chi connectivity index (χ3n) is 7.66. The molecule has 0 radical (unpaired) electrons. The topological polar surface area (TPSA) is 65.6 Å². The van der Waals surface area contributed by atoms with Gasteiger partial charge in [0.05, 0.1) is 35.0 Å². The van der Waals surface area contributed by atoms with Gasteiger partial charge in [-0.05, 0) is 36.1 Å².